The predicted molar refractivity (Wildman–Crippen MR) is 55.7 cm³/mol. The van der Waals surface area contributed by atoms with Crippen LogP contribution in [0.4, 0.5) is 0 Å². The highest BCUT2D eigenvalue weighted by Crippen LogP contribution is 2.20. The molecule has 0 saturated carbocycles. The molecule has 3 heteroatoms. The molecule has 0 aliphatic heterocycles. The van der Waals surface area contributed by atoms with Crippen molar-refractivity contribution in [3.8, 4) is 0 Å². The fourth-order valence-electron chi connectivity index (χ4n) is 1.22. The lowest BCUT2D eigenvalue weighted by Crippen LogP contribution is -2.20. The second kappa shape index (κ2) is 3.86. The summed E-state index contributed by atoms with van der Waals surface area (Å²) >= 11 is 0. The van der Waals surface area contributed by atoms with E-state index in [-0.39, 0.29) is 11.0 Å². The van der Waals surface area contributed by atoms with E-state index in [2.05, 4.69) is 20.8 Å². The molecule has 1 aromatic heterocycles. The first-order valence-electron chi connectivity index (χ1n) is 4.80. The number of hydrogen-bond acceptors (Lipinski definition) is 2. The van der Waals surface area contributed by atoms with E-state index in [1.165, 1.54) is 6.07 Å². The maximum Gasteiger partial charge on any atom is 0.283 e. The zero-order valence-corrected chi connectivity index (χ0v) is 8.95. The topological polar surface area (TPSA) is 42.2 Å². The van der Waals surface area contributed by atoms with Crippen LogP contribution in [0.1, 0.15) is 32.9 Å². The molecule has 14 heavy (non-hydrogen) atoms. The van der Waals surface area contributed by atoms with Gasteiger partial charge < -0.3 is 5.21 Å². The zero-order chi connectivity index (χ0) is 10.8. The Bertz CT molecular complexity index is 360. The van der Waals surface area contributed by atoms with Crippen molar-refractivity contribution in [1.29, 1.82) is 0 Å². The second-order valence-corrected chi connectivity index (χ2v) is 4.73. The summed E-state index contributed by atoms with van der Waals surface area (Å²) in [6.07, 6.45) is 1.66. The van der Waals surface area contributed by atoms with E-state index in [1.807, 2.05) is 0 Å². The van der Waals surface area contributed by atoms with E-state index >= 15 is 0 Å². The Balaban J connectivity index is 2.78. The SMILES string of the molecule is CC(C)(C)CCc1cccc(=O)n1O. The molecule has 0 aliphatic carbocycles. The summed E-state index contributed by atoms with van der Waals surface area (Å²) in [4.78, 5) is 11.1. The molecule has 3 nitrogen and oxygen atoms in total. The third-order valence-electron chi connectivity index (χ3n) is 2.14. The van der Waals surface area contributed by atoms with Crippen LogP contribution < -0.4 is 5.56 Å². The Labute approximate surface area is 84.0 Å². The Hall–Kier alpha value is -1.25. The Morgan fingerprint density at radius 3 is 2.57 bits per heavy atom. The highest BCUT2D eigenvalue weighted by Gasteiger charge is 2.11. The molecule has 0 aliphatic rings. The van der Waals surface area contributed by atoms with Gasteiger partial charge in [0.25, 0.3) is 5.56 Å². The minimum Gasteiger partial charge on any atom is -0.425 e. The quantitative estimate of drug-likeness (QED) is 0.734. The Morgan fingerprint density at radius 2 is 2.00 bits per heavy atom. The van der Waals surface area contributed by atoms with Crippen molar-refractivity contribution in [2.75, 3.05) is 0 Å². The molecule has 0 bridgehead atoms. The highest BCUT2D eigenvalue weighted by atomic mass is 16.5. The highest BCUT2D eigenvalue weighted by molar-refractivity contribution is 5.05. The van der Waals surface area contributed by atoms with Gasteiger partial charge in [-0.3, -0.25) is 4.79 Å². The van der Waals surface area contributed by atoms with E-state index in [0.717, 1.165) is 17.6 Å². The minimum absolute atomic E-state index is 0.214. The van der Waals surface area contributed by atoms with Crippen molar-refractivity contribution >= 4 is 0 Å². The van der Waals surface area contributed by atoms with Gasteiger partial charge in [-0.2, -0.15) is 4.73 Å². The van der Waals surface area contributed by atoms with Gasteiger partial charge in [-0.1, -0.05) is 26.8 Å². The number of pyridine rings is 1. The van der Waals surface area contributed by atoms with Crippen LogP contribution in [0.5, 0.6) is 0 Å². The Morgan fingerprint density at radius 1 is 1.36 bits per heavy atom. The van der Waals surface area contributed by atoms with Gasteiger partial charge in [0, 0.05) is 6.07 Å². The van der Waals surface area contributed by atoms with Crippen LogP contribution in [0.2, 0.25) is 0 Å². The zero-order valence-electron chi connectivity index (χ0n) is 8.95. The summed E-state index contributed by atoms with van der Waals surface area (Å²) in [5, 5.41) is 9.40. The fraction of sp³-hybridized carbons (Fsp3) is 0.545. The number of aromatic nitrogens is 1. The molecule has 0 amide bonds. The number of nitrogens with zero attached hydrogens (tertiary/aromatic N) is 1. The van der Waals surface area contributed by atoms with Gasteiger partial charge in [0.15, 0.2) is 0 Å². The first-order chi connectivity index (χ1) is 6.40. The summed E-state index contributed by atoms with van der Waals surface area (Å²) in [7, 11) is 0. The van der Waals surface area contributed by atoms with Crippen LogP contribution in [-0.4, -0.2) is 9.94 Å². The standard InChI is InChI=1S/C11H17NO2/c1-11(2,3)8-7-9-5-4-6-10(13)12(9)14/h4-6,14H,7-8H2,1-3H3. The molecule has 1 heterocycles. The molecule has 0 radical (unpaired) electrons. The maximum absolute atomic E-state index is 11.1. The third-order valence-corrected chi connectivity index (χ3v) is 2.14. The van der Waals surface area contributed by atoms with Gasteiger partial charge in [-0.15, -0.1) is 0 Å². The predicted octanol–water partition coefficient (Wildman–Crippen LogP) is 2.06. The van der Waals surface area contributed by atoms with Gasteiger partial charge in [0.2, 0.25) is 0 Å². The lowest BCUT2D eigenvalue weighted by molar-refractivity contribution is 0.162. The van der Waals surface area contributed by atoms with E-state index < -0.39 is 0 Å². The van der Waals surface area contributed by atoms with E-state index in [9.17, 15) is 10.0 Å². The summed E-state index contributed by atoms with van der Waals surface area (Å²) in [5.74, 6) is 0. The average molecular weight is 195 g/mol. The minimum atomic E-state index is -0.364. The van der Waals surface area contributed by atoms with Gasteiger partial charge in [0.05, 0.1) is 5.69 Å². The average Bonchev–Trinajstić information content (AvgIpc) is 2.06. The molecule has 0 aromatic carbocycles. The monoisotopic (exact) mass is 195 g/mol. The maximum atomic E-state index is 11.1. The van der Waals surface area contributed by atoms with Gasteiger partial charge in [-0.05, 0) is 24.3 Å². The van der Waals surface area contributed by atoms with Crippen LogP contribution in [0.3, 0.4) is 0 Å². The summed E-state index contributed by atoms with van der Waals surface area (Å²) in [6, 6.07) is 4.79. The lowest BCUT2D eigenvalue weighted by atomic mass is 9.90. The molecule has 1 aromatic rings. The molecule has 0 atom stereocenters. The van der Waals surface area contributed by atoms with Crippen molar-refractivity contribution in [2.24, 2.45) is 5.41 Å². The third kappa shape index (κ3) is 2.91. The normalized spacial score (nSPS) is 11.6. The van der Waals surface area contributed by atoms with Crippen LogP contribution in [0.15, 0.2) is 23.0 Å². The van der Waals surface area contributed by atoms with Gasteiger partial charge >= 0.3 is 0 Å². The van der Waals surface area contributed by atoms with Crippen LogP contribution in [0.25, 0.3) is 0 Å². The van der Waals surface area contributed by atoms with Gasteiger partial charge in [-0.25, -0.2) is 0 Å². The molecular weight excluding hydrogens is 178 g/mol. The van der Waals surface area contributed by atoms with Crippen LogP contribution >= 0.6 is 0 Å². The summed E-state index contributed by atoms with van der Waals surface area (Å²) < 4.78 is 0.728. The summed E-state index contributed by atoms with van der Waals surface area (Å²) in [6.45, 7) is 6.40. The number of aryl methyl sites for hydroxylation is 1. The first kappa shape index (κ1) is 10.8. The van der Waals surface area contributed by atoms with Crippen molar-refractivity contribution in [3.63, 3.8) is 0 Å². The van der Waals surface area contributed by atoms with E-state index in [4.69, 9.17) is 0 Å². The molecule has 0 fully saturated rings. The molecule has 1 rings (SSSR count). The van der Waals surface area contributed by atoms with E-state index in [1.54, 1.807) is 12.1 Å². The molecular formula is C11H17NO2. The number of rotatable bonds is 2. The second-order valence-electron chi connectivity index (χ2n) is 4.73. The molecule has 0 saturated heterocycles. The van der Waals surface area contributed by atoms with Crippen LogP contribution in [0, 0.1) is 5.41 Å². The molecule has 0 unspecified atom stereocenters. The first-order valence-corrected chi connectivity index (χ1v) is 4.80. The Kier molecular flexibility index (Phi) is 2.99. The van der Waals surface area contributed by atoms with Gasteiger partial charge in [0.1, 0.15) is 0 Å². The van der Waals surface area contributed by atoms with Crippen molar-refractivity contribution < 1.29 is 5.21 Å². The fourth-order valence-corrected chi connectivity index (χ4v) is 1.22. The smallest absolute Gasteiger partial charge is 0.283 e. The van der Waals surface area contributed by atoms with Crippen LogP contribution in [-0.2, 0) is 6.42 Å². The summed E-state index contributed by atoms with van der Waals surface area (Å²) in [5.41, 5.74) is 0.523. The molecule has 1 N–H and O–H groups in total. The largest absolute Gasteiger partial charge is 0.425 e. The molecule has 0 spiro atoms. The van der Waals surface area contributed by atoms with Crippen molar-refractivity contribution in [3.05, 3.63) is 34.2 Å². The molecule has 78 valence electrons. The van der Waals surface area contributed by atoms with Crippen molar-refractivity contribution in [2.45, 2.75) is 33.6 Å². The lowest BCUT2D eigenvalue weighted by Gasteiger charge is -2.18. The number of hydrogen-bond donors (Lipinski definition) is 1. The van der Waals surface area contributed by atoms with E-state index in [0.29, 0.717) is 5.69 Å². The van der Waals surface area contributed by atoms with Crippen molar-refractivity contribution in [1.82, 2.24) is 4.73 Å².